The number of ketones is 1. The molecule has 1 rings (SSSR count). The summed E-state index contributed by atoms with van der Waals surface area (Å²) in [5.74, 6) is -0.719. The van der Waals surface area contributed by atoms with Crippen LogP contribution in [0.2, 0.25) is 0 Å². The second kappa shape index (κ2) is 3.40. The summed E-state index contributed by atoms with van der Waals surface area (Å²) in [5.41, 5.74) is 0. The molecule has 5 nitrogen and oxygen atoms in total. The van der Waals surface area contributed by atoms with Crippen LogP contribution in [0, 0.1) is 0 Å². The molecular weight excluding hydrogens is 140 g/mol. The third kappa shape index (κ3) is 1.60. The van der Waals surface area contributed by atoms with Gasteiger partial charge in [0.05, 0.1) is 0 Å². The Hall–Kier alpha value is -0.780. The zero-order chi connectivity index (χ0) is 7.40. The third-order valence-corrected chi connectivity index (χ3v) is 0.954. The van der Waals surface area contributed by atoms with Crippen LogP contribution in [0.25, 0.3) is 0 Å². The number of hydrogen-bond donors (Lipinski definition) is 0. The van der Waals surface area contributed by atoms with Crippen molar-refractivity contribution in [3.05, 3.63) is 0 Å². The summed E-state index contributed by atoms with van der Waals surface area (Å²) >= 11 is 0. The van der Waals surface area contributed by atoms with Crippen LogP contribution in [-0.4, -0.2) is 31.9 Å². The van der Waals surface area contributed by atoms with E-state index in [-0.39, 0.29) is 19.9 Å². The normalized spacial score (nSPS) is 20.4. The van der Waals surface area contributed by atoms with Crippen molar-refractivity contribution in [3.63, 3.8) is 0 Å². The molecule has 0 aromatic heterocycles. The molecule has 0 aromatic carbocycles. The van der Waals surface area contributed by atoms with Crippen LogP contribution in [0.3, 0.4) is 0 Å². The molecule has 56 valence electrons. The van der Waals surface area contributed by atoms with Crippen molar-refractivity contribution in [3.8, 4) is 0 Å². The van der Waals surface area contributed by atoms with Crippen molar-refractivity contribution >= 4 is 12.1 Å². The van der Waals surface area contributed by atoms with Gasteiger partial charge in [-0.2, -0.15) is 0 Å². The number of ether oxygens (including phenoxy) is 3. The van der Waals surface area contributed by atoms with Gasteiger partial charge in [0.1, 0.15) is 0 Å². The fraction of sp³-hybridized carbons (Fsp3) is 0.600. The summed E-state index contributed by atoms with van der Waals surface area (Å²) in [7, 11) is 0. The third-order valence-electron chi connectivity index (χ3n) is 0.954. The number of rotatable bonds is 2. The molecule has 0 radical (unpaired) electrons. The molecule has 0 spiro atoms. The predicted molar refractivity (Wildman–Crippen MR) is 27.8 cm³/mol. The molecule has 0 aromatic rings. The van der Waals surface area contributed by atoms with E-state index < -0.39 is 12.1 Å². The molecule has 1 aliphatic rings. The average molecular weight is 146 g/mol. The van der Waals surface area contributed by atoms with Crippen LogP contribution in [0.5, 0.6) is 0 Å². The highest BCUT2D eigenvalue weighted by atomic mass is 16.8. The lowest BCUT2D eigenvalue weighted by atomic mass is 10.4. The molecule has 0 amide bonds. The summed E-state index contributed by atoms with van der Waals surface area (Å²) in [6.45, 7) is -0.0194. The number of carbonyl (C=O) groups is 2. The molecule has 0 aliphatic carbocycles. The van der Waals surface area contributed by atoms with Crippen LogP contribution in [-0.2, 0) is 23.8 Å². The first-order chi connectivity index (χ1) is 4.84. The zero-order valence-corrected chi connectivity index (χ0v) is 5.11. The Morgan fingerprint density at radius 2 is 2.00 bits per heavy atom. The highest BCUT2D eigenvalue weighted by Gasteiger charge is 2.21. The number of aldehydes is 1. The van der Waals surface area contributed by atoms with E-state index in [9.17, 15) is 9.59 Å². The summed E-state index contributed by atoms with van der Waals surface area (Å²) in [6.07, 6.45) is -0.901. The van der Waals surface area contributed by atoms with E-state index in [1.807, 2.05) is 0 Å². The van der Waals surface area contributed by atoms with Gasteiger partial charge in [0, 0.05) is 0 Å². The molecule has 0 N–H and O–H groups in total. The monoisotopic (exact) mass is 146 g/mol. The average Bonchev–Trinajstić information content (AvgIpc) is 2.05. The quantitative estimate of drug-likeness (QED) is 0.371. The van der Waals surface area contributed by atoms with Crippen molar-refractivity contribution < 1.29 is 23.8 Å². The largest absolute Gasteiger partial charge is 0.329 e. The number of hydrogen-bond acceptors (Lipinski definition) is 5. The van der Waals surface area contributed by atoms with E-state index in [2.05, 4.69) is 14.2 Å². The lowest BCUT2D eigenvalue weighted by molar-refractivity contribution is -0.285. The topological polar surface area (TPSA) is 61.8 Å². The fourth-order valence-electron chi connectivity index (χ4n) is 0.522. The minimum Gasteiger partial charge on any atom is -0.329 e. The lowest BCUT2D eigenvalue weighted by Crippen LogP contribution is -2.34. The Kier molecular flexibility index (Phi) is 2.49. The smallest absolute Gasteiger partial charge is 0.251 e. The molecule has 1 aliphatic heterocycles. The molecule has 5 heteroatoms. The molecule has 1 fully saturated rings. The Morgan fingerprint density at radius 3 is 2.50 bits per heavy atom. The van der Waals surface area contributed by atoms with Gasteiger partial charge in [-0.1, -0.05) is 0 Å². The Labute approximate surface area is 56.9 Å². The fourth-order valence-corrected chi connectivity index (χ4v) is 0.522. The molecule has 0 saturated carbocycles. The van der Waals surface area contributed by atoms with Crippen molar-refractivity contribution in [2.75, 3.05) is 13.6 Å². The van der Waals surface area contributed by atoms with E-state index in [1.54, 1.807) is 0 Å². The van der Waals surface area contributed by atoms with Gasteiger partial charge >= 0.3 is 0 Å². The Balaban J connectivity index is 2.38. The van der Waals surface area contributed by atoms with Gasteiger partial charge in [0.2, 0.25) is 6.29 Å². The van der Waals surface area contributed by atoms with Crippen molar-refractivity contribution in [1.82, 2.24) is 0 Å². The van der Waals surface area contributed by atoms with Gasteiger partial charge in [0.15, 0.2) is 19.9 Å². The summed E-state index contributed by atoms with van der Waals surface area (Å²) in [4.78, 5) is 20.3. The molecular formula is C5H6O5. The Bertz CT molecular complexity index is 137. The standard InChI is InChI=1S/C5H6O5/c6-1-4(7)5-9-2-8-3-10-5/h1,5H,2-3H2. The molecule has 1 saturated heterocycles. The minimum absolute atomic E-state index is 0.00968. The SMILES string of the molecule is O=CC(=O)C1OCOCO1. The van der Waals surface area contributed by atoms with E-state index in [4.69, 9.17) is 0 Å². The maximum atomic E-state index is 10.5. The van der Waals surface area contributed by atoms with Crippen molar-refractivity contribution in [2.45, 2.75) is 6.29 Å². The van der Waals surface area contributed by atoms with Crippen LogP contribution < -0.4 is 0 Å². The summed E-state index contributed by atoms with van der Waals surface area (Å²) < 4.78 is 13.8. The van der Waals surface area contributed by atoms with Crippen LogP contribution in [0.15, 0.2) is 0 Å². The number of carbonyl (C=O) groups excluding carboxylic acids is 2. The van der Waals surface area contributed by atoms with E-state index in [1.165, 1.54) is 0 Å². The molecule has 0 bridgehead atoms. The first-order valence-corrected chi connectivity index (χ1v) is 2.64. The molecule has 10 heavy (non-hydrogen) atoms. The predicted octanol–water partition coefficient (Wildman–Crippen LogP) is -0.941. The van der Waals surface area contributed by atoms with Gasteiger partial charge in [-0.05, 0) is 0 Å². The highest BCUT2D eigenvalue weighted by Crippen LogP contribution is 2.01. The maximum Gasteiger partial charge on any atom is 0.251 e. The van der Waals surface area contributed by atoms with Gasteiger partial charge in [-0.15, -0.1) is 0 Å². The van der Waals surface area contributed by atoms with E-state index in [0.717, 1.165) is 0 Å². The van der Waals surface area contributed by atoms with Gasteiger partial charge in [0.25, 0.3) is 5.78 Å². The van der Waals surface area contributed by atoms with E-state index >= 15 is 0 Å². The van der Waals surface area contributed by atoms with Crippen LogP contribution in [0.1, 0.15) is 0 Å². The summed E-state index contributed by atoms with van der Waals surface area (Å²) in [6, 6.07) is 0. The second-order valence-corrected chi connectivity index (χ2v) is 1.63. The summed E-state index contributed by atoms with van der Waals surface area (Å²) in [5, 5.41) is 0. The zero-order valence-electron chi connectivity index (χ0n) is 5.11. The van der Waals surface area contributed by atoms with Crippen LogP contribution >= 0.6 is 0 Å². The lowest BCUT2D eigenvalue weighted by Gasteiger charge is -2.19. The number of Topliss-reactive ketones (excluding diaryl/α,β-unsaturated/α-hetero) is 1. The maximum absolute atomic E-state index is 10.5. The van der Waals surface area contributed by atoms with E-state index in [0.29, 0.717) is 0 Å². The second-order valence-electron chi connectivity index (χ2n) is 1.63. The van der Waals surface area contributed by atoms with Crippen molar-refractivity contribution in [2.24, 2.45) is 0 Å². The van der Waals surface area contributed by atoms with Crippen LogP contribution in [0.4, 0.5) is 0 Å². The minimum atomic E-state index is -1.06. The van der Waals surface area contributed by atoms with Gasteiger partial charge < -0.3 is 14.2 Å². The first kappa shape index (κ1) is 7.33. The van der Waals surface area contributed by atoms with Crippen molar-refractivity contribution in [1.29, 1.82) is 0 Å². The first-order valence-electron chi connectivity index (χ1n) is 2.64. The highest BCUT2D eigenvalue weighted by molar-refractivity contribution is 6.26. The Morgan fingerprint density at radius 1 is 1.40 bits per heavy atom. The molecule has 1 heterocycles. The van der Waals surface area contributed by atoms with Gasteiger partial charge in [-0.3, -0.25) is 9.59 Å². The molecule has 0 atom stereocenters. The molecule has 0 unspecified atom stereocenters. The van der Waals surface area contributed by atoms with Gasteiger partial charge in [-0.25, -0.2) is 0 Å².